The molecule has 0 aliphatic rings. The Bertz CT molecular complexity index is 567. The highest BCUT2D eigenvalue weighted by Gasteiger charge is 2.11. The van der Waals surface area contributed by atoms with Crippen molar-refractivity contribution >= 4 is 5.71 Å². The minimum absolute atomic E-state index is 0.393. The Kier molecular flexibility index (Phi) is 5.78. The highest BCUT2D eigenvalue weighted by atomic mass is 16.6. The molecule has 2 rings (SSSR count). The normalized spacial score (nSPS) is 11.4. The predicted molar refractivity (Wildman–Crippen MR) is 81.4 cm³/mol. The van der Waals surface area contributed by atoms with E-state index in [1.54, 1.807) is 19.6 Å². The van der Waals surface area contributed by atoms with Gasteiger partial charge in [0.25, 0.3) is 0 Å². The SMILES string of the molecule is COc1ccccc1C(CCn1ccnc1)=NOCCN. The maximum atomic E-state index is 5.43. The number of rotatable bonds is 8. The second kappa shape index (κ2) is 8.06. The van der Waals surface area contributed by atoms with E-state index < -0.39 is 0 Å². The summed E-state index contributed by atoms with van der Waals surface area (Å²) in [6.45, 7) is 1.59. The van der Waals surface area contributed by atoms with Crippen molar-refractivity contribution in [2.75, 3.05) is 20.3 Å². The number of nitrogens with two attached hydrogens (primary N) is 1. The first-order valence-corrected chi connectivity index (χ1v) is 6.83. The summed E-state index contributed by atoms with van der Waals surface area (Å²) in [5.74, 6) is 0.776. The first-order valence-electron chi connectivity index (χ1n) is 6.83. The molecule has 1 aromatic heterocycles. The number of aromatic nitrogens is 2. The number of methoxy groups -OCH3 is 1. The van der Waals surface area contributed by atoms with Crippen LogP contribution < -0.4 is 10.5 Å². The summed E-state index contributed by atoms with van der Waals surface area (Å²) in [5, 5.41) is 4.21. The highest BCUT2D eigenvalue weighted by Crippen LogP contribution is 2.20. The Morgan fingerprint density at radius 3 is 2.95 bits per heavy atom. The molecule has 2 N–H and O–H groups in total. The average molecular weight is 288 g/mol. The quantitative estimate of drug-likeness (QED) is 0.455. The molecular formula is C15H20N4O2. The summed E-state index contributed by atoms with van der Waals surface area (Å²) in [7, 11) is 1.65. The molecule has 0 saturated carbocycles. The molecule has 0 atom stereocenters. The molecular weight excluding hydrogens is 268 g/mol. The standard InChI is InChI=1S/C15H20N4O2/c1-20-15-5-3-2-4-13(15)14(18-21-11-7-16)6-9-19-10-8-17-12-19/h2-5,8,10,12H,6-7,9,11,16H2,1H3. The van der Waals surface area contributed by atoms with E-state index in [9.17, 15) is 0 Å². The van der Waals surface area contributed by atoms with Crippen LogP contribution in [0.2, 0.25) is 0 Å². The van der Waals surface area contributed by atoms with E-state index in [0.717, 1.165) is 23.6 Å². The van der Waals surface area contributed by atoms with Gasteiger partial charge in [0.05, 0.1) is 19.1 Å². The molecule has 0 aliphatic heterocycles. The number of aryl methyl sites for hydroxylation is 1. The monoisotopic (exact) mass is 288 g/mol. The Hall–Kier alpha value is -2.34. The number of hydrogen-bond donors (Lipinski definition) is 1. The summed E-state index contributed by atoms with van der Waals surface area (Å²) in [5.41, 5.74) is 7.19. The van der Waals surface area contributed by atoms with Crippen molar-refractivity contribution in [1.29, 1.82) is 0 Å². The van der Waals surface area contributed by atoms with E-state index in [1.165, 1.54) is 0 Å². The maximum Gasteiger partial charge on any atom is 0.129 e. The van der Waals surface area contributed by atoms with Crippen molar-refractivity contribution < 1.29 is 9.57 Å². The molecule has 0 unspecified atom stereocenters. The van der Waals surface area contributed by atoms with Gasteiger partial charge < -0.3 is 19.9 Å². The summed E-state index contributed by atoms with van der Waals surface area (Å²) in [6.07, 6.45) is 6.16. The van der Waals surface area contributed by atoms with Crippen LogP contribution >= 0.6 is 0 Å². The number of hydrogen-bond acceptors (Lipinski definition) is 5. The van der Waals surface area contributed by atoms with E-state index in [0.29, 0.717) is 19.6 Å². The smallest absolute Gasteiger partial charge is 0.129 e. The minimum atomic E-state index is 0.393. The Morgan fingerprint density at radius 2 is 2.24 bits per heavy atom. The fourth-order valence-corrected chi connectivity index (χ4v) is 1.94. The molecule has 2 aromatic rings. The molecule has 0 fully saturated rings. The zero-order chi connectivity index (χ0) is 14.9. The van der Waals surface area contributed by atoms with Crippen LogP contribution in [0.4, 0.5) is 0 Å². The number of benzene rings is 1. The second-order valence-corrected chi connectivity index (χ2v) is 4.41. The van der Waals surface area contributed by atoms with Gasteiger partial charge >= 0.3 is 0 Å². The van der Waals surface area contributed by atoms with Crippen LogP contribution in [0.25, 0.3) is 0 Å². The molecule has 0 spiro atoms. The number of imidazole rings is 1. The van der Waals surface area contributed by atoms with Gasteiger partial charge in [-0.1, -0.05) is 17.3 Å². The molecule has 0 saturated heterocycles. The lowest BCUT2D eigenvalue weighted by molar-refractivity contribution is 0.151. The molecule has 0 amide bonds. The lowest BCUT2D eigenvalue weighted by Gasteiger charge is -2.11. The van der Waals surface area contributed by atoms with Gasteiger partial charge in [-0.05, 0) is 12.1 Å². The molecule has 112 valence electrons. The van der Waals surface area contributed by atoms with Gasteiger partial charge in [0.1, 0.15) is 12.4 Å². The number of ether oxygens (including phenoxy) is 1. The van der Waals surface area contributed by atoms with Crippen molar-refractivity contribution in [2.24, 2.45) is 10.9 Å². The first kappa shape index (κ1) is 15.1. The highest BCUT2D eigenvalue weighted by molar-refractivity contribution is 6.02. The third kappa shape index (κ3) is 4.32. The molecule has 0 aliphatic carbocycles. The summed E-state index contributed by atoms with van der Waals surface area (Å²) < 4.78 is 7.38. The average Bonchev–Trinajstić information content (AvgIpc) is 3.04. The third-order valence-corrected chi connectivity index (χ3v) is 2.97. The Balaban J connectivity index is 2.16. The molecule has 6 heteroatoms. The van der Waals surface area contributed by atoms with Crippen LogP contribution in [-0.2, 0) is 11.4 Å². The van der Waals surface area contributed by atoms with Gasteiger partial charge in [-0.25, -0.2) is 4.98 Å². The zero-order valence-electron chi connectivity index (χ0n) is 12.1. The van der Waals surface area contributed by atoms with Crippen LogP contribution in [-0.4, -0.2) is 35.5 Å². The topological polar surface area (TPSA) is 74.7 Å². The third-order valence-electron chi connectivity index (χ3n) is 2.97. The number of para-hydroxylation sites is 1. The van der Waals surface area contributed by atoms with Crippen LogP contribution in [0, 0.1) is 0 Å². The Morgan fingerprint density at radius 1 is 1.38 bits per heavy atom. The second-order valence-electron chi connectivity index (χ2n) is 4.41. The van der Waals surface area contributed by atoms with Crippen LogP contribution in [0.15, 0.2) is 48.1 Å². The number of nitrogens with zero attached hydrogens (tertiary/aromatic N) is 3. The van der Waals surface area contributed by atoms with Gasteiger partial charge in [-0.3, -0.25) is 0 Å². The van der Waals surface area contributed by atoms with Crippen molar-refractivity contribution in [2.45, 2.75) is 13.0 Å². The summed E-state index contributed by atoms with van der Waals surface area (Å²) in [6, 6.07) is 7.76. The molecule has 0 radical (unpaired) electrons. The summed E-state index contributed by atoms with van der Waals surface area (Å²) >= 11 is 0. The van der Waals surface area contributed by atoms with Gasteiger partial charge in [0.2, 0.25) is 0 Å². The molecule has 1 aromatic carbocycles. The van der Waals surface area contributed by atoms with Crippen molar-refractivity contribution in [1.82, 2.24) is 9.55 Å². The molecule has 21 heavy (non-hydrogen) atoms. The summed E-state index contributed by atoms with van der Waals surface area (Å²) in [4.78, 5) is 9.28. The van der Waals surface area contributed by atoms with E-state index in [4.69, 9.17) is 15.3 Å². The van der Waals surface area contributed by atoms with Gasteiger partial charge in [0.15, 0.2) is 0 Å². The van der Waals surface area contributed by atoms with Gasteiger partial charge in [0, 0.05) is 37.5 Å². The Labute approximate surface area is 124 Å². The fraction of sp³-hybridized carbons (Fsp3) is 0.333. The number of oxime groups is 1. The van der Waals surface area contributed by atoms with Crippen molar-refractivity contribution in [3.8, 4) is 5.75 Å². The lowest BCUT2D eigenvalue weighted by Crippen LogP contribution is -2.11. The van der Waals surface area contributed by atoms with Crippen LogP contribution in [0.1, 0.15) is 12.0 Å². The van der Waals surface area contributed by atoms with Crippen molar-refractivity contribution in [3.63, 3.8) is 0 Å². The predicted octanol–water partition coefficient (Wildman–Crippen LogP) is 1.66. The van der Waals surface area contributed by atoms with E-state index in [2.05, 4.69) is 10.1 Å². The zero-order valence-corrected chi connectivity index (χ0v) is 12.1. The molecule has 1 heterocycles. The minimum Gasteiger partial charge on any atom is -0.496 e. The van der Waals surface area contributed by atoms with Crippen LogP contribution in [0.5, 0.6) is 5.75 Å². The maximum absolute atomic E-state index is 5.43. The van der Waals surface area contributed by atoms with Crippen LogP contribution in [0.3, 0.4) is 0 Å². The van der Waals surface area contributed by atoms with E-state index in [1.807, 2.05) is 35.0 Å². The van der Waals surface area contributed by atoms with Gasteiger partial charge in [-0.2, -0.15) is 0 Å². The fourth-order valence-electron chi connectivity index (χ4n) is 1.94. The molecule has 0 bridgehead atoms. The van der Waals surface area contributed by atoms with E-state index >= 15 is 0 Å². The largest absolute Gasteiger partial charge is 0.496 e. The molecule has 6 nitrogen and oxygen atoms in total. The lowest BCUT2D eigenvalue weighted by atomic mass is 10.1. The van der Waals surface area contributed by atoms with Crippen molar-refractivity contribution in [3.05, 3.63) is 48.5 Å². The first-order chi connectivity index (χ1) is 10.3. The van der Waals surface area contributed by atoms with E-state index in [-0.39, 0.29) is 0 Å². The van der Waals surface area contributed by atoms with Gasteiger partial charge in [-0.15, -0.1) is 0 Å².